The van der Waals surface area contributed by atoms with Gasteiger partial charge < -0.3 is 9.52 Å². The van der Waals surface area contributed by atoms with E-state index in [0.29, 0.717) is 12.2 Å². The molecule has 0 aliphatic heterocycles. The second-order valence-corrected chi connectivity index (χ2v) is 1.91. The van der Waals surface area contributed by atoms with Crippen LogP contribution < -0.4 is 5.43 Å². The molecule has 4 heteroatoms. The first-order chi connectivity index (χ1) is 4.75. The Bertz CT molecular complexity index is 279. The molecule has 0 atom stereocenters. The molecule has 0 aliphatic carbocycles. The van der Waals surface area contributed by atoms with Gasteiger partial charge in [0.1, 0.15) is 5.76 Å². The summed E-state index contributed by atoms with van der Waals surface area (Å²) < 4.78 is 4.84. The van der Waals surface area contributed by atoms with Crippen LogP contribution >= 0.6 is 0 Å². The first-order valence-corrected chi connectivity index (χ1v) is 3.05. The molecule has 0 aromatic carbocycles. The second kappa shape index (κ2) is 4.21. The van der Waals surface area contributed by atoms with E-state index < -0.39 is 0 Å². The van der Waals surface area contributed by atoms with E-state index in [9.17, 15) is 4.79 Å². The van der Waals surface area contributed by atoms with Crippen LogP contribution in [0.15, 0.2) is 21.5 Å². The molecule has 0 bridgehead atoms. The average molecular weight is 204 g/mol. The minimum atomic E-state index is -0.386. The minimum Gasteiger partial charge on any atom is -0.502 e. The van der Waals surface area contributed by atoms with Crippen LogP contribution in [0.1, 0.15) is 12.7 Å². The average Bonchev–Trinajstić information content (AvgIpc) is 1.95. The Morgan fingerprint density at radius 1 is 1.64 bits per heavy atom. The molecule has 3 nitrogen and oxygen atoms in total. The molecule has 65 valence electrons. The number of aromatic hydroxyl groups is 1. The molecular formula is C7H8CuO3. The molecule has 0 amide bonds. The van der Waals surface area contributed by atoms with Crippen molar-refractivity contribution in [2.45, 2.75) is 13.3 Å². The summed E-state index contributed by atoms with van der Waals surface area (Å²) in [6.45, 7) is 1.80. The van der Waals surface area contributed by atoms with Crippen molar-refractivity contribution in [1.82, 2.24) is 0 Å². The van der Waals surface area contributed by atoms with Crippen molar-refractivity contribution in [2.24, 2.45) is 0 Å². The van der Waals surface area contributed by atoms with Gasteiger partial charge in [0, 0.05) is 29.6 Å². The Kier molecular flexibility index (Phi) is 3.93. The normalized spacial score (nSPS) is 8.82. The predicted octanol–water partition coefficient (Wildman–Crippen LogP) is 0.905. The Labute approximate surface area is 74.5 Å². The van der Waals surface area contributed by atoms with Gasteiger partial charge in [-0.15, -0.1) is 0 Å². The molecule has 1 aromatic heterocycles. The van der Waals surface area contributed by atoms with Gasteiger partial charge >= 0.3 is 0 Å². The molecule has 1 N–H and O–H groups in total. The zero-order valence-corrected chi connectivity index (χ0v) is 6.87. The smallest absolute Gasteiger partial charge is 0.226 e. The third-order valence-corrected chi connectivity index (χ3v) is 1.25. The van der Waals surface area contributed by atoms with Gasteiger partial charge in [-0.2, -0.15) is 0 Å². The molecule has 0 saturated heterocycles. The quantitative estimate of drug-likeness (QED) is 0.691. The van der Waals surface area contributed by atoms with E-state index in [2.05, 4.69) is 0 Å². The van der Waals surface area contributed by atoms with Gasteiger partial charge in [0.15, 0.2) is 0 Å². The third kappa shape index (κ3) is 2.10. The maximum absolute atomic E-state index is 10.7. The van der Waals surface area contributed by atoms with Crippen LogP contribution in [0.2, 0.25) is 0 Å². The van der Waals surface area contributed by atoms with Crippen molar-refractivity contribution in [3.63, 3.8) is 0 Å². The number of aryl methyl sites for hydroxylation is 1. The fraction of sp³-hybridized carbons (Fsp3) is 0.286. The summed E-state index contributed by atoms with van der Waals surface area (Å²) >= 11 is 0. The first kappa shape index (κ1) is 10.3. The van der Waals surface area contributed by atoms with E-state index in [1.807, 2.05) is 0 Å². The van der Waals surface area contributed by atoms with Crippen LogP contribution in [0, 0.1) is 0 Å². The first-order valence-electron chi connectivity index (χ1n) is 3.05. The second-order valence-electron chi connectivity index (χ2n) is 1.91. The summed E-state index contributed by atoms with van der Waals surface area (Å²) in [6.07, 6.45) is 1.81. The van der Waals surface area contributed by atoms with Crippen molar-refractivity contribution in [2.75, 3.05) is 0 Å². The fourth-order valence-corrected chi connectivity index (χ4v) is 0.701. The fourth-order valence-electron chi connectivity index (χ4n) is 0.701. The Morgan fingerprint density at radius 3 is 2.73 bits per heavy atom. The molecule has 1 radical (unpaired) electrons. The summed E-state index contributed by atoms with van der Waals surface area (Å²) in [5.41, 5.74) is -0.386. The van der Waals surface area contributed by atoms with E-state index in [-0.39, 0.29) is 28.2 Å². The zero-order chi connectivity index (χ0) is 7.56. The monoisotopic (exact) mass is 203 g/mol. The third-order valence-electron chi connectivity index (χ3n) is 1.25. The maximum atomic E-state index is 10.7. The van der Waals surface area contributed by atoms with E-state index in [1.165, 1.54) is 12.3 Å². The van der Waals surface area contributed by atoms with Crippen LogP contribution in [0.3, 0.4) is 0 Å². The summed E-state index contributed by atoms with van der Waals surface area (Å²) in [6, 6.07) is 1.19. The van der Waals surface area contributed by atoms with Gasteiger partial charge in [0.25, 0.3) is 0 Å². The predicted molar refractivity (Wildman–Crippen MR) is 36.0 cm³/mol. The van der Waals surface area contributed by atoms with Gasteiger partial charge in [-0.05, 0) is 0 Å². The molecule has 0 unspecified atom stereocenters. The molecule has 1 aromatic rings. The van der Waals surface area contributed by atoms with Crippen molar-refractivity contribution in [3.8, 4) is 5.75 Å². The van der Waals surface area contributed by atoms with Gasteiger partial charge in [-0.25, -0.2) is 0 Å². The van der Waals surface area contributed by atoms with Crippen molar-refractivity contribution in [3.05, 3.63) is 28.3 Å². The summed E-state index contributed by atoms with van der Waals surface area (Å²) in [5, 5.41) is 8.99. The standard InChI is InChI=1S/C7H8O3.Cu/c1-2-6-7(9)5(8)3-4-10-6;/h3-4,9H,2H2,1H3;. The van der Waals surface area contributed by atoms with Crippen LogP contribution in [0.25, 0.3) is 0 Å². The van der Waals surface area contributed by atoms with Crippen molar-refractivity contribution < 1.29 is 26.6 Å². The molecule has 0 fully saturated rings. The summed E-state index contributed by atoms with van der Waals surface area (Å²) in [4.78, 5) is 10.7. The van der Waals surface area contributed by atoms with E-state index in [1.54, 1.807) is 6.92 Å². The van der Waals surface area contributed by atoms with Gasteiger partial charge in [0.2, 0.25) is 11.2 Å². The number of hydrogen-bond donors (Lipinski definition) is 1. The molecule has 0 spiro atoms. The van der Waals surface area contributed by atoms with E-state index in [4.69, 9.17) is 9.52 Å². The molecule has 1 heterocycles. The van der Waals surface area contributed by atoms with Crippen molar-refractivity contribution >= 4 is 0 Å². The summed E-state index contributed by atoms with van der Waals surface area (Å²) in [5.74, 6) is 0.0671. The van der Waals surface area contributed by atoms with Gasteiger partial charge in [0.05, 0.1) is 6.26 Å². The van der Waals surface area contributed by atoms with E-state index in [0.717, 1.165) is 0 Å². The SMILES string of the molecule is CCc1occc(=O)c1O.[Cu]. The molecule has 1 rings (SSSR count). The van der Waals surface area contributed by atoms with Gasteiger partial charge in [-0.3, -0.25) is 4.79 Å². The molecule has 0 saturated carbocycles. The molecule has 0 aliphatic rings. The van der Waals surface area contributed by atoms with Crippen LogP contribution in [0.5, 0.6) is 5.75 Å². The summed E-state index contributed by atoms with van der Waals surface area (Å²) in [7, 11) is 0. The van der Waals surface area contributed by atoms with Crippen LogP contribution in [0.4, 0.5) is 0 Å². The molecular weight excluding hydrogens is 196 g/mol. The molecule has 11 heavy (non-hydrogen) atoms. The largest absolute Gasteiger partial charge is 0.502 e. The van der Waals surface area contributed by atoms with E-state index >= 15 is 0 Å². The Hall–Kier alpha value is -0.731. The van der Waals surface area contributed by atoms with Crippen LogP contribution in [-0.4, -0.2) is 5.11 Å². The topological polar surface area (TPSA) is 50.4 Å². The Morgan fingerprint density at radius 2 is 2.27 bits per heavy atom. The number of hydrogen-bond acceptors (Lipinski definition) is 3. The number of rotatable bonds is 1. The Balaban J connectivity index is 0.000001000. The zero-order valence-electron chi connectivity index (χ0n) is 5.93. The van der Waals surface area contributed by atoms with Gasteiger partial charge in [-0.1, -0.05) is 6.92 Å². The van der Waals surface area contributed by atoms with Crippen molar-refractivity contribution in [1.29, 1.82) is 0 Å². The minimum absolute atomic E-state index is 0. The maximum Gasteiger partial charge on any atom is 0.226 e. The van der Waals surface area contributed by atoms with Crippen LogP contribution in [-0.2, 0) is 23.5 Å².